The van der Waals surface area contributed by atoms with E-state index in [-0.39, 0.29) is 23.1 Å². The van der Waals surface area contributed by atoms with Crippen LogP contribution < -0.4 is 4.74 Å². The quantitative estimate of drug-likeness (QED) is 0.528. The standard InChI is InChI=1S/C19H18Br2N2O6S/c20-12-6-11(17(13(21)8-12)29-10-16(25)26)7-14-18(27)23(19(28)30-14)9-15(24)22-4-2-1-3-5-22/h6-8H,1-5,9-10H2,(H,25,26)/b14-7-. The number of benzene rings is 1. The number of carbonyl (C=O) groups excluding carboxylic acids is 3. The largest absolute Gasteiger partial charge is 0.480 e. The molecule has 1 N–H and O–H groups in total. The molecule has 11 heteroatoms. The molecule has 0 aromatic heterocycles. The second-order valence-corrected chi connectivity index (χ2v) is 9.46. The number of rotatable bonds is 6. The summed E-state index contributed by atoms with van der Waals surface area (Å²) in [5.74, 6) is -1.71. The maximum Gasteiger partial charge on any atom is 0.341 e. The number of nitrogens with zero attached hydrogens (tertiary/aromatic N) is 2. The Morgan fingerprint density at radius 1 is 1.17 bits per heavy atom. The third-order valence-corrected chi connectivity index (χ3v) is 6.49. The van der Waals surface area contributed by atoms with E-state index in [9.17, 15) is 19.2 Å². The minimum absolute atomic E-state index is 0.136. The van der Waals surface area contributed by atoms with Crippen molar-refractivity contribution in [3.05, 3.63) is 31.5 Å². The topological polar surface area (TPSA) is 104 Å². The minimum Gasteiger partial charge on any atom is -0.480 e. The summed E-state index contributed by atoms with van der Waals surface area (Å²) in [6.45, 7) is 0.432. The Hall–Kier alpha value is -1.85. The van der Waals surface area contributed by atoms with E-state index in [2.05, 4.69) is 31.9 Å². The van der Waals surface area contributed by atoms with Crippen molar-refractivity contribution in [3.8, 4) is 5.75 Å². The number of hydrogen-bond donors (Lipinski definition) is 1. The Bertz CT molecular complexity index is 930. The van der Waals surface area contributed by atoms with Crippen LogP contribution in [-0.4, -0.2) is 64.2 Å². The maximum absolute atomic E-state index is 12.8. The van der Waals surface area contributed by atoms with Crippen molar-refractivity contribution in [1.82, 2.24) is 9.80 Å². The van der Waals surface area contributed by atoms with Gasteiger partial charge in [0.25, 0.3) is 11.1 Å². The van der Waals surface area contributed by atoms with Crippen LogP contribution in [0.5, 0.6) is 5.75 Å². The van der Waals surface area contributed by atoms with Gasteiger partial charge in [-0.2, -0.15) is 0 Å². The van der Waals surface area contributed by atoms with Gasteiger partial charge >= 0.3 is 5.97 Å². The Balaban J connectivity index is 1.81. The molecular weight excluding hydrogens is 544 g/mol. The number of thioether (sulfide) groups is 1. The van der Waals surface area contributed by atoms with Crippen LogP contribution in [0.1, 0.15) is 24.8 Å². The molecule has 0 bridgehead atoms. The summed E-state index contributed by atoms with van der Waals surface area (Å²) in [7, 11) is 0. The summed E-state index contributed by atoms with van der Waals surface area (Å²) >= 11 is 7.39. The van der Waals surface area contributed by atoms with Gasteiger partial charge in [0.1, 0.15) is 12.3 Å². The van der Waals surface area contributed by atoms with E-state index >= 15 is 0 Å². The van der Waals surface area contributed by atoms with Gasteiger partial charge in [-0.05, 0) is 65.2 Å². The van der Waals surface area contributed by atoms with Crippen molar-refractivity contribution in [1.29, 1.82) is 0 Å². The molecule has 8 nitrogen and oxygen atoms in total. The predicted molar refractivity (Wildman–Crippen MR) is 118 cm³/mol. The van der Waals surface area contributed by atoms with Gasteiger partial charge in [0, 0.05) is 23.1 Å². The summed E-state index contributed by atoms with van der Waals surface area (Å²) < 4.78 is 6.49. The molecule has 0 atom stereocenters. The third-order valence-electron chi connectivity index (χ3n) is 4.54. The van der Waals surface area contributed by atoms with Gasteiger partial charge in [0.2, 0.25) is 5.91 Å². The number of carboxylic acid groups (broad SMARTS) is 1. The number of carbonyl (C=O) groups is 4. The van der Waals surface area contributed by atoms with Crippen molar-refractivity contribution in [3.63, 3.8) is 0 Å². The van der Waals surface area contributed by atoms with Gasteiger partial charge < -0.3 is 14.7 Å². The third kappa shape index (κ3) is 5.44. The number of piperidine rings is 1. The Morgan fingerprint density at radius 3 is 2.53 bits per heavy atom. The van der Waals surface area contributed by atoms with E-state index in [1.165, 1.54) is 6.08 Å². The fourth-order valence-corrected chi connectivity index (χ4v) is 5.33. The predicted octanol–water partition coefficient (Wildman–Crippen LogP) is 3.72. The zero-order valence-corrected chi connectivity index (χ0v) is 19.7. The summed E-state index contributed by atoms with van der Waals surface area (Å²) in [5, 5.41) is 8.37. The highest BCUT2D eigenvalue weighted by molar-refractivity contribution is 9.11. The lowest BCUT2D eigenvalue weighted by Crippen LogP contribution is -2.44. The molecule has 30 heavy (non-hydrogen) atoms. The van der Waals surface area contributed by atoms with Gasteiger partial charge in [-0.1, -0.05) is 15.9 Å². The van der Waals surface area contributed by atoms with Gasteiger partial charge in [-0.25, -0.2) is 4.79 Å². The van der Waals surface area contributed by atoms with Gasteiger partial charge in [-0.3, -0.25) is 19.3 Å². The molecule has 2 fully saturated rings. The molecule has 3 amide bonds. The normalized spacial score (nSPS) is 18.3. The molecule has 0 aliphatic carbocycles. The van der Waals surface area contributed by atoms with E-state index in [4.69, 9.17) is 9.84 Å². The van der Waals surface area contributed by atoms with Crippen LogP contribution in [0.2, 0.25) is 0 Å². The number of ether oxygens (including phenoxy) is 1. The highest BCUT2D eigenvalue weighted by atomic mass is 79.9. The van der Waals surface area contributed by atoms with Crippen molar-refractivity contribution in [2.75, 3.05) is 26.2 Å². The fraction of sp³-hybridized carbons (Fsp3) is 0.368. The summed E-state index contributed by atoms with van der Waals surface area (Å²) in [6.07, 6.45) is 4.38. The van der Waals surface area contributed by atoms with Crippen molar-refractivity contribution in [2.45, 2.75) is 19.3 Å². The van der Waals surface area contributed by atoms with Crippen molar-refractivity contribution in [2.24, 2.45) is 0 Å². The molecule has 2 aliphatic heterocycles. The highest BCUT2D eigenvalue weighted by Crippen LogP contribution is 2.38. The van der Waals surface area contributed by atoms with Gasteiger partial charge in [0.15, 0.2) is 6.61 Å². The lowest BCUT2D eigenvalue weighted by molar-refractivity contribution is -0.139. The molecular formula is C19H18Br2N2O6S. The Morgan fingerprint density at radius 2 is 1.87 bits per heavy atom. The number of hydrogen-bond acceptors (Lipinski definition) is 6. The monoisotopic (exact) mass is 560 g/mol. The van der Waals surface area contributed by atoms with Crippen LogP contribution >= 0.6 is 43.6 Å². The van der Waals surface area contributed by atoms with Crippen LogP contribution in [0.15, 0.2) is 26.0 Å². The number of imide groups is 1. The second-order valence-electron chi connectivity index (χ2n) is 6.70. The van der Waals surface area contributed by atoms with Crippen LogP contribution in [0.4, 0.5) is 4.79 Å². The smallest absolute Gasteiger partial charge is 0.341 e. The van der Waals surface area contributed by atoms with Crippen LogP contribution in [0, 0.1) is 0 Å². The number of carboxylic acids is 1. The first-order valence-electron chi connectivity index (χ1n) is 9.13. The molecule has 0 unspecified atom stereocenters. The van der Waals surface area contributed by atoms with Crippen LogP contribution in [-0.2, 0) is 14.4 Å². The van der Waals surface area contributed by atoms with E-state index in [0.717, 1.165) is 35.9 Å². The van der Waals surface area contributed by atoms with Crippen LogP contribution in [0.25, 0.3) is 6.08 Å². The lowest BCUT2D eigenvalue weighted by atomic mass is 10.1. The lowest BCUT2D eigenvalue weighted by Gasteiger charge is -2.27. The first-order chi connectivity index (χ1) is 14.3. The van der Waals surface area contributed by atoms with Crippen molar-refractivity contribution < 1.29 is 29.0 Å². The summed E-state index contributed by atoms with van der Waals surface area (Å²) in [6, 6.07) is 3.33. The van der Waals surface area contributed by atoms with E-state index in [1.807, 2.05) is 0 Å². The Kier molecular flexibility index (Phi) is 7.59. The van der Waals surface area contributed by atoms with E-state index < -0.39 is 23.7 Å². The van der Waals surface area contributed by atoms with Gasteiger partial charge in [0.05, 0.1) is 9.38 Å². The molecule has 0 spiro atoms. The maximum atomic E-state index is 12.8. The molecule has 2 saturated heterocycles. The average molecular weight is 562 g/mol. The van der Waals surface area contributed by atoms with E-state index in [0.29, 0.717) is 27.6 Å². The average Bonchev–Trinajstić information content (AvgIpc) is 2.95. The number of halogens is 2. The SMILES string of the molecule is O=C(O)COc1c(Br)cc(Br)cc1/C=C1\SC(=O)N(CC(=O)N2CCCCC2)C1=O. The summed E-state index contributed by atoms with van der Waals surface area (Å²) in [5.41, 5.74) is 0.422. The molecule has 2 aliphatic rings. The summed E-state index contributed by atoms with van der Waals surface area (Å²) in [4.78, 5) is 51.2. The number of aliphatic carboxylic acids is 1. The zero-order valence-electron chi connectivity index (χ0n) is 15.7. The molecule has 0 radical (unpaired) electrons. The molecule has 1 aromatic rings. The molecule has 0 saturated carbocycles. The molecule has 1 aromatic carbocycles. The first kappa shape index (κ1) is 22.8. The number of amides is 3. The Labute approximate surface area is 193 Å². The molecule has 3 rings (SSSR count). The fourth-order valence-electron chi connectivity index (χ4n) is 3.13. The van der Waals surface area contributed by atoms with Crippen molar-refractivity contribution >= 4 is 72.7 Å². The van der Waals surface area contributed by atoms with Crippen LogP contribution in [0.3, 0.4) is 0 Å². The van der Waals surface area contributed by atoms with Gasteiger partial charge in [-0.15, -0.1) is 0 Å². The first-order valence-corrected chi connectivity index (χ1v) is 11.5. The number of likely N-dealkylation sites (tertiary alicyclic amines) is 1. The van der Waals surface area contributed by atoms with E-state index in [1.54, 1.807) is 17.0 Å². The minimum atomic E-state index is -1.15. The second kappa shape index (κ2) is 9.97. The molecule has 2 heterocycles. The highest BCUT2D eigenvalue weighted by Gasteiger charge is 2.37. The molecule has 160 valence electrons. The zero-order chi connectivity index (χ0) is 21.8.